The van der Waals surface area contributed by atoms with E-state index in [1.165, 1.54) is 55.2 Å². The van der Waals surface area contributed by atoms with Crippen molar-refractivity contribution in [3.8, 4) is 5.75 Å². The Hall–Kier alpha value is -3.15. The van der Waals surface area contributed by atoms with Crippen molar-refractivity contribution in [2.24, 2.45) is 0 Å². The van der Waals surface area contributed by atoms with Gasteiger partial charge in [-0.25, -0.2) is 0 Å². The van der Waals surface area contributed by atoms with Crippen LogP contribution in [-0.2, 0) is 6.54 Å². The number of nitrogens with zero attached hydrogens (tertiary/aromatic N) is 2. The zero-order valence-corrected chi connectivity index (χ0v) is 23.8. The number of hydrogen-bond acceptors (Lipinski definition) is 4. The fourth-order valence-electron chi connectivity index (χ4n) is 7.25. The average Bonchev–Trinajstić information content (AvgIpc) is 2.99. The summed E-state index contributed by atoms with van der Waals surface area (Å²) in [6.45, 7) is 3.10. The number of ether oxygens (including phenoxy) is 1. The van der Waals surface area contributed by atoms with Crippen molar-refractivity contribution in [1.82, 2.24) is 15.1 Å². The summed E-state index contributed by atoms with van der Waals surface area (Å²) in [5.41, 5.74) is 4.63. The van der Waals surface area contributed by atoms with Crippen LogP contribution in [0.4, 0.5) is 0 Å². The zero-order chi connectivity index (χ0) is 27.3. The normalized spacial score (nSPS) is 22.9. The minimum Gasteiger partial charge on any atom is -0.497 e. The van der Waals surface area contributed by atoms with E-state index in [0.717, 1.165) is 43.8 Å². The van der Waals surface area contributed by atoms with Crippen molar-refractivity contribution < 1.29 is 9.53 Å². The van der Waals surface area contributed by atoms with E-state index in [1.54, 1.807) is 7.11 Å². The summed E-state index contributed by atoms with van der Waals surface area (Å²) in [6, 6.07) is 29.4. The molecule has 3 aromatic carbocycles. The number of hydrogen-bond donors (Lipinski definition) is 1. The van der Waals surface area contributed by atoms with Gasteiger partial charge in [-0.1, -0.05) is 80.3 Å². The molecule has 1 saturated carbocycles. The predicted octanol–water partition coefficient (Wildman–Crippen LogP) is 6.59. The van der Waals surface area contributed by atoms with Gasteiger partial charge < -0.3 is 10.1 Å². The molecule has 3 atom stereocenters. The summed E-state index contributed by atoms with van der Waals surface area (Å²) in [7, 11) is 1.74. The molecule has 5 nitrogen and oxygen atoms in total. The van der Waals surface area contributed by atoms with Crippen molar-refractivity contribution >= 4 is 5.91 Å². The van der Waals surface area contributed by atoms with Gasteiger partial charge in [0.2, 0.25) is 0 Å². The Kier molecular flexibility index (Phi) is 8.50. The number of piperidine rings is 1. The van der Waals surface area contributed by atoms with Gasteiger partial charge in [0.15, 0.2) is 0 Å². The maximum atomic E-state index is 13.0. The smallest absolute Gasteiger partial charge is 0.251 e. The van der Waals surface area contributed by atoms with E-state index in [0.29, 0.717) is 18.1 Å². The van der Waals surface area contributed by atoms with E-state index in [2.05, 4.69) is 75.8 Å². The van der Waals surface area contributed by atoms with Crippen LogP contribution in [-0.4, -0.2) is 54.0 Å². The first-order chi connectivity index (χ1) is 19.7. The first kappa shape index (κ1) is 27.0. The lowest BCUT2D eigenvalue weighted by Crippen LogP contribution is -2.60. The molecule has 1 N–H and O–H groups in total. The molecular formula is C35H43N3O2. The number of carbonyl (C=O) groups excluding carboxylic acids is 1. The average molecular weight is 538 g/mol. The zero-order valence-electron chi connectivity index (χ0n) is 23.8. The van der Waals surface area contributed by atoms with Gasteiger partial charge in [0.05, 0.1) is 13.2 Å². The number of fused-ring (bicyclic) bond motifs is 2. The largest absolute Gasteiger partial charge is 0.497 e. The second-order valence-corrected chi connectivity index (χ2v) is 12.0. The molecule has 3 aliphatic rings. The predicted molar refractivity (Wildman–Crippen MR) is 161 cm³/mol. The molecule has 1 aliphatic carbocycles. The Balaban J connectivity index is 1.25. The lowest BCUT2D eigenvalue weighted by atomic mass is 9.87. The summed E-state index contributed by atoms with van der Waals surface area (Å²) >= 11 is 0. The monoisotopic (exact) mass is 537 g/mol. The molecule has 3 fully saturated rings. The van der Waals surface area contributed by atoms with Crippen LogP contribution in [0.25, 0.3) is 0 Å². The van der Waals surface area contributed by atoms with Crippen LogP contribution < -0.4 is 10.1 Å². The molecule has 2 bridgehead atoms. The molecular weight excluding hydrogens is 494 g/mol. The van der Waals surface area contributed by atoms with Crippen molar-refractivity contribution in [3.05, 3.63) is 101 Å². The van der Waals surface area contributed by atoms with Gasteiger partial charge in [-0.05, 0) is 66.6 Å². The number of rotatable bonds is 8. The Bertz CT molecular complexity index is 1240. The number of benzene rings is 3. The molecule has 3 unspecified atom stereocenters. The SMILES string of the molecule is COc1cccc(C(c2ccc(C(=O)NC3CCCCC3)cc2)N2CC3CCCC(C2)N3Cc2ccccc2)c1. The molecule has 210 valence electrons. The molecule has 0 aromatic heterocycles. The van der Waals surface area contributed by atoms with E-state index in [4.69, 9.17) is 4.74 Å². The van der Waals surface area contributed by atoms with Crippen LogP contribution in [0.3, 0.4) is 0 Å². The number of methoxy groups -OCH3 is 1. The molecule has 40 heavy (non-hydrogen) atoms. The standard InChI is InChI=1S/C35H43N3O2/c1-40-33-17-8-12-29(22-33)34(27-18-20-28(21-19-27)35(39)36-30-13-6-3-7-14-30)37-24-31-15-9-16-32(25-37)38(31)23-26-10-4-2-5-11-26/h2,4-5,8,10-12,17-22,30-32,34H,3,6-7,9,13-16,23-25H2,1H3,(H,36,39). The van der Waals surface area contributed by atoms with Gasteiger partial charge in [-0.15, -0.1) is 0 Å². The van der Waals surface area contributed by atoms with E-state index >= 15 is 0 Å². The van der Waals surface area contributed by atoms with Gasteiger partial charge in [-0.2, -0.15) is 0 Å². The van der Waals surface area contributed by atoms with Gasteiger partial charge >= 0.3 is 0 Å². The molecule has 0 spiro atoms. The third kappa shape index (κ3) is 6.11. The van der Waals surface area contributed by atoms with Crippen LogP contribution in [0.2, 0.25) is 0 Å². The molecule has 6 rings (SSSR count). The summed E-state index contributed by atoms with van der Waals surface area (Å²) in [6.07, 6.45) is 9.70. The number of amides is 1. The van der Waals surface area contributed by atoms with Crippen molar-refractivity contribution in [2.75, 3.05) is 20.2 Å². The summed E-state index contributed by atoms with van der Waals surface area (Å²) < 4.78 is 5.63. The van der Waals surface area contributed by atoms with Gasteiger partial charge in [0.1, 0.15) is 5.75 Å². The lowest BCUT2D eigenvalue weighted by Gasteiger charge is -2.52. The third-order valence-corrected chi connectivity index (χ3v) is 9.31. The second kappa shape index (κ2) is 12.6. The minimum absolute atomic E-state index is 0.0560. The van der Waals surface area contributed by atoms with Crippen molar-refractivity contribution in [2.45, 2.75) is 82.1 Å². The Morgan fingerprint density at radius 2 is 1.55 bits per heavy atom. The van der Waals surface area contributed by atoms with Gasteiger partial charge in [-0.3, -0.25) is 14.6 Å². The molecule has 3 aromatic rings. The quantitative estimate of drug-likeness (QED) is 0.352. The van der Waals surface area contributed by atoms with Gasteiger partial charge in [0, 0.05) is 43.3 Å². The molecule has 2 saturated heterocycles. The van der Waals surface area contributed by atoms with Crippen LogP contribution >= 0.6 is 0 Å². The van der Waals surface area contributed by atoms with Crippen LogP contribution in [0.5, 0.6) is 5.75 Å². The first-order valence-corrected chi connectivity index (χ1v) is 15.3. The molecule has 0 radical (unpaired) electrons. The van der Waals surface area contributed by atoms with E-state index < -0.39 is 0 Å². The molecule has 2 aliphatic heterocycles. The fourth-order valence-corrected chi connectivity index (χ4v) is 7.25. The molecule has 2 heterocycles. The number of carbonyl (C=O) groups is 1. The van der Waals surface area contributed by atoms with Crippen molar-refractivity contribution in [1.29, 1.82) is 0 Å². The highest BCUT2D eigenvalue weighted by Gasteiger charge is 2.40. The third-order valence-electron chi connectivity index (χ3n) is 9.31. The molecule has 1 amide bonds. The topological polar surface area (TPSA) is 44.8 Å². The first-order valence-electron chi connectivity index (χ1n) is 15.3. The maximum absolute atomic E-state index is 13.0. The second-order valence-electron chi connectivity index (χ2n) is 12.0. The van der Waals surface area contributed by atoms with Crippen LogP contribution in [0, 0.1) is 0 Å². The summed E-state index contributed by atoms with van der Waals surface area (Å²) in [5.74, 6) is 0.939. The highest BCUT2D eigenvalue weighted by Crippen LogP contribution is 2.38. The highest BCUT2D eigenvalue weighted by atomic mass is 16.5. The fraction of sp³-hybridized carbons (Fsp3) is 0.457. The number of likely N-dealkylation sites (tertiary alicyclic amines) is 1. The van der Waals surface area contributed by atoms with E-state index in [9.17, 15) is 4.79 Å². The molecule has 5 heteroatoms. The summed E-state index contributed by atoms with van der Waals surface area (Å²) in [5, 5.41) is 3.27. The van der Waals surface area contributed by atoms with Gasteiger partial charge in [0.25, 0.3) is 5.91 Å². The van der Waals surface area contributed by atoms with Crippen molar-refractivity contribution in [3.63, 3.8) is 0 Å². The van der Waals surface area contributed by atoms with Crippen LogP contribution in [0.1, 0.15) is 84.5 Å². The maximum Gasteiger partial charge on any atom is 0.251 e. The minimum atomic E-state index is 0.0560. The Labute approximate surface area is 239 Å². The summed E-state index contributed by atoms with van der Waals surface area (Å²) in [4.78, 5) is 18.5. The Morgan fingerprint density at radius 3 is 2.25 bits per heavy atom. The number of nitrogens with one attached hydrogen (secondary N) is 1. The van der Waals surface area contributed by atoms with E-state index in [-0.39, 0.29) is 11.9 Å². The van der Waals surface area contributed by atoms with Crippen LogP contribution in [0.15, 0.2) is 78.9 Å². The highest BCUT2D eigenvalue weighted by molar-refractivity contribution is 5.94. The lowest BCUT2D eigenvalue weighted by molar-refractivity contribution is -0.0257. The Morgan fingerprint density at radius 1 is 0.825 bits per heavy atom. The number of piperazine rings is 1. The van der Waals surface area contributed by atoms with E-state index in [1.807, 2.05) is 18.2 Å².